The molecule has 0 atom stereocenters. The molecule has 1 aliphatic heterocycles. The number of alkyl halides is 3. The van der Waals surface area contributed by atoms with E-state index in [1.165, 1.54) is 6.07 Å². The molecule has 0 unspecified atom stereocenters. The topological polar surface area (TPSA) is 56.4 Å². The monoisotopic (exact) mass is 386 g/mol. The Bertz CT molecular complexity index is 683. The molecule has 2 rings (SSSR count). The van der Waals surface area contributed by atoms with E-state index in [2.05, 4.69) is 43.6 Å². The molecule has 27 heavy (non-hydrogen) atoms. The van der Waals surface area contributed by atoms with Crippen LogP contribution in [0.25, 0.3) is 0 Å². The Kier molecular flexibility index (Phi) is 5.71. The van der Waals surface area contributed by atoms with Crippen LogP contribution >= 0.6 is 0 Å². The Morgan fingerprint density at radius 1 is 1.15 bits per heavy atom. The van der Waals surface area contributed by atoms with Crippen molar-refractivity contribution in [2.45, 2.75) is 63.8 Å². The molecule has 2 amide bonds. The predicted molar refractivity (Wildman–Crippen MR) is 102 cm³/mol. The Labute approximate surface area is 158 Å². The smallest absolute Gasteiger partial charge is 0.376 e. The van der Waals surface area contributed by atoms with Gasteiger partial charge in [-0.15, -0.1) is 0 Å². The van der Waals surface area contributed by atoms with Gasteiger partial charge in [-0.25, -0.2) is 4.79 Å². The lowest BCUT2D eigenvalue weighted by molar-refractivity contribution is -0.137. The average Bonchev–Trinajstić information content (AvgIpc) is 2.41. The van der Waals surface area contributed by atoms with Gasteiger partial charge in [-0.2, -0.15) is 13.2 Å². The van der Waals surface area contributed by atoms with E-state index < -0.39 is 17.8 Å². The van der Waals surface area contributed by atoms with Gasteiger partial charge in [0, 0.05) is 31.2 Å². The number of benzene rings is 1. The third kappa shape index (κ3) is 5.76. The first-order valence-corrected chi connectivity index (χ1v) is 8.94. The number of anilines is 2. The first-order valence-electron chi connectivity index (χ1n) is 8.94. The van der Waals surface area contributed by atoms with Gasteiger partial charge in [-0.05, 0) is 58.7 Å². The SMILES string of the molecule is CN(C)c1ccc(C(F)(F)F)cc1NC(=O)NC1CC(C)(C)NC(C)(C)C1. The number of rotatable bonds is 3. The van der Waals surface area contributed by atoms with Gasteiger partial charge >= 0.3 is 12.2 Å². The molecule has 1 heterocycles. The predicted octanol–water partition coefficient (Wildman–Crippen LogP) is 4.20. The summed E-state index contributed by atoms with van der Waals surface area (Å²) in [6, 6.07) is 2.75. The summed E-state index contributed by atoms with van der Waals surface area (Å²) in [6.07, 6.45) is -3.01. The number of halogens is 3. The molecule has 1 aromatic rings. The molecule has 1 saturated heterocycles. The van der Waals surface area contributed by atoms with Crippen LogP contribution in [0.3, 0.4) is 0 Å². The normalized spacial score (nSPS) is 19.4. The van der Waals surface area contributed by atoms with Gasteiger partial charge in [0.2, 0.25) is 0 Å². The van der Waals surface area contributed by atoms with Crippen LogP contribution in [-0.4, -0.2) is 37.2 Å². The van der Waals surface area contributed by atoms with Gasteiger partial charge in [-0.1, -0.05) is 0 Å². The molecule has 1 fully saturated rings. The van der Waals surface area contributed by atoms with Crippen LogP contribution in [0, 0.1) is 0 Å². The van der Waals surface area contributed by atoms with Gasteiger partial charge < -0.3 is 20.9 Å². The van der Waals surface area contributed by atoms with Gasteiger partial charge in [0.05, 0.1) is 16.9 Å². The standard InChI is InChI=1S/C19H29F3N4O/c1-17(2)10-13(11-18(3,4)25-17)23-16(27)24-14-9-12(19(20,21)22)7-8-15(14)26(5)6/h7-9,13,25H,10-11H2,1-6H3,(H2,23,24,27). The molecule has 0 aliphatic carbocycles. The molecule has 152 valence electrons. The van der Waals surface area contributed by atoms with Crippen molar-refractivity contribution in [3.05, 3.63) is 23.8 Å². The fourth-order valence-electron chi connectivity index (χ4n) is 3.97. The molecular weight excluding hydrogens is 357 g/mol. The van der Waals surface area contributed by atoms with Crippen molar-refractivity contribution >= 4 is 17.4 Å². The fourth-order valence-corrected chi connectivity index (χ4v) is 3.97. The average molecular weight is 386 g/mol. The lowest BCUT2D eigenvalue weighted by Gasteiger charge is -2.46. The van der Waals surface area contributed by atoms with Crippen molar-refractivity contribution in [2.24, 2.45) is 0 Å². The zero-order valence-electron chi connectivity index (χ0n) is 16.7. The molecule has 0 aromatic heterocycles. The number of nitrogens with zero attached hydrogens (tertiary/aromatic N) is 1. The Morgan fingerprint density at radius 3 is 2.19 bits per heavy atom. The summed E-state index contributed by atoms with van der Waals surface area (Å²) in [4.78, 5) is 14.2. The third-order valence-corrected chi connectivity index (χ3v) is 4.58. The van der Waals surface area contributed by atoms with Gasteiger partial charge in [0.25, 0.3) is 0 Å². The molecule has 0 spiro atoms. The zero-order valence-corrected chi connectivity index (χ0v) is 16.7. The fraction of sp³-hybridized carbons (Fsp3) is 0.632. The first-order chi connectivity index (χ1) is 12.2. The van der Waals surface area contributed by atoms with Crippen molar-refractivity contribution in [3.8, 4) is 0 Å². The highest BCUT2D eigenvalue weighted by molar-refractivity contribution is 5.93. The lowest BCUT2D eigenvalue weighted by atomic mass is 9.80. The van der Waals surface area contributed by atoms with Gasteiger partial charge in [0.15, 0.2) is 0 Å². The maximum absolute atomic E-state index is 13.0. The van der Waals surface area contributed by atoms with Crippen LogP contribution in [0.4, 0.5) is 29.3 Å². The second-order valence-corrected chi connectivity index (χ2v) is 8.72. The summed E-state index contributed by atoms with van der Waals surface area (Å²) in [5.74, 6) is 0. The molecular formula is C19H29F3N4O. The molecule has 0 saturated carbocycles. The van der Waals surface area contributed by atoms with Crippen LogP contribution in [0.15, 0.2) is 18.2 Å². The van der Waals surface area contributed by atoms with Crippen molar-refractivity contribution < 1.29 is 18.0 Å². The maximum Gasteiger partial charge on any atom is 0.416 e. The largest absolute Gasteiger partial charge is 0.416 e. The highest BCUT2D eigenvalue weighted by Gasteiger charge is 2.38. The first kappa shape index (κ1) is 21.3. The maximum atomic E-state index is 13.0. The Balaban J connectivity index is 2.17. The molecule has 3 N–H and O–H groups in total. The van der Waals surface area contributed by atoms with E-state index in [4.69, 9.17) is 0 Å². The van der Waals surface area contributed by atoms with Crippen LogP contribution in [0.5, 0.6) is 0 Å². The van der Waals surface area contributed by atoms with Crippen LogP contribution in [0.2, 0.25) is 0 Å². The van der Waals surface area contributed by atoms with Crippen molar-refractivity contribution in [1.29, 1.82) is 0 Å². The summed E-state index contributed by atoms with van der Waals surface area (Å²) < 4.78 is 39.1. The molecule has 0 bridgehead atoms. The summed E-state index contributed by atoms with van der Waals surface area (Å²) >= 11 is 0. The number of piperidine rings is 1. The quantitative estimate of drug-likeness (QED) is 0.730. The third-order valence-electron chi connectivity index (χ3n) is 4.58. The molecule has 5 nitrogen and oxygen atoms in total. The van der Waals surface area contributed by atoms with Crippen molar-refractivity contribution in [2.75, 3.05) is 24.3 Å². The van der Waals surface area contributed by atoms with Gasteiger partial charge in [-0.3, -0.25) is 0 Å². The lowest BCUT2D eigenvalue weighted by Crippen LogP contribution is -2.62. The van der Waals surface area contributed by atoms with E-state index >= 15 is 0 Å². The van der Waals surface area contributed by atoms with E-state index in [1.54, 1.807) is 19.0 Å². The number of amides is 2. The number of urea groups is 1. The molecule has 0 radical (unpaired) electrons. The summed E-state index contributed by atoms with van der Waals surface area (Å²) in [7, 11) is 3.42. The Morgan fingerprint density at radius 2 is 1.70 bits per heavy atom. The van der Waals surface area contributed by atoms with E-state index in [0.717, 1.165) is 25.0 Å². The number of hydrogen-bond acceptors (Lipinski definition) is 3. The van der Waals surface area contributed by atoms with E-state index in [-0.39, 0.29) is 22.8 Å². The molecule has 1 aliphatic rings. The van der Waals surface area contributed by atoms with Crippen molar-refractivity contribution in [1.82, 2.24) is 10.6 Å². The summed E-state index contributed by atoms with van der Waals surface area (Å²) in [6.45, 7) is 8.27. The molecule has 8 heteroatoms. The number of nitrogens with one attached hydrogen (secondary N) is 3. The molecule has 1 aromatic carbocycles. The minimum atomic E-state index is -4.47. The highest BCUT2D eigenvalue weighted by atomic mass is 19.4. The zero-order chi connectivity index (χ0) is 20.6. The van der Waals surface area contributed by atoms with Crippen LogP contribution in [-0.2, 0) is 6.18 Å². The van der Waals surface area contributed by atoms with Crippen LogP contribution in [0.1, 0.15) is 46.1 Å². The van der Waals surface area contributed by atoms with E-state index in [9.17, 15) is 18.0 Å². The Hall–Kier alpha value is -1.96. The van der Waals surface area contributed by atoms with Crippen LogP contribution < -0.4 is 20.9 Å². The van der Waals surface area contributed by atoms with E-state index in [0.29, 0.717) is 5.69 Å². The second-order valence-electron chi connectivity index (χ2n) is 8.72. The summed E-state index contributed by atoms with van der Waals surface area (Å²) in [5.41, 5.74) is -0.466. The van der Waals surface area contributed by atoms with Crippen molar-refractivity contribution in [3.63, 3.8) is 0 Å². The minimum Gasteiger partial charge on any atom is -0.376 e. The van der Waals surface area contributed by atoms with E-state index in [1.807, 2.05) is 0 Å². The second kappa shape index (κ2) is 7.22. The number of carbonyl (C=O) groups excluding carboxylic acids is 1. The minimum absolute atomic E-state index is 0.0788. The summed E-state index contributed by atoms with van der Waals surface area (Å²) in [5, 5.41) is 9.04. The highest BCUT2D eigenvalue weighted by Crippen LogP contribution is 2.35. The number of hydrogen-bond donors (Lipinski definition) is 3. The van der Waals surface area contributed by atoms with Gasteiger partial charge in [0.1, 0.15) is 0 Å². The number of carbonyl (C=O) groups is 1.